The van der Waals surface area contributed by atoms with E-state index < -0.39 is 47.9 Å². The van der Waals surface area contributed by atoms with E-state index in [0.717, 1.165) is 11.1 Å². The fraction of sp³-hybridized carbons (Fsp3) is 0.407. The topological polar surface area (TPSA) is 221 Å². The molecule has 0 spiro atoms. The van der Waals surface area contributed by atoms with Crippen molar-refractivity contribution in [3.05, 3.63) is 119 Å². The number of rotatable bonds is 18. The van der Waals surface area contributed by atoms with Crippen LogP contribution in [0.15, 0.2) is 101 Å². The van der Waals surface area contributed by atoms with Crippen LogP contribution >= 0.6 is 0 Å². The van der Waals surface area contributed by atoms with Crippen LogP contribution in [-0.4, -0.2) is 108 Å². The maximum Gasteiger partial charge on any atom is 0.311 e. The Morgan fingerprint density at radius 1 is 0.831 bits per heavy atom. The molecule has 5 N–H and O–H groups in total. The van der Waals surface area contributed by atoms with E-state index in [-0.39, 0.29) is 56.4 Å². The molecule has 7 rings (SSSR count). The molecule has 0 saturated carbocycles. The van der Waals surface area contributed by atoms with Gasteiger partial charge in [-0.2, -0.15) is 0 Å². The highest BCUT2D eigenvalue weighted by atomic mass is 16.5. The summed E-state index contributed by atoms with van der Waals surface area (Å²) < 4.78 is 29.6. The van der Waals surface area contributed by atoms with Gasteiger partial charge in [0.1, 0.15) is 12.6 Å². The second-order valence-electron chi connectivity index (χ2n) is 18.3. The van der Waals surface area contributed by atoms with Crippen molar-refractivity contribution in [3.63, 3.8) is 0 Å². The molecule has 6 unspecified atom stereocenters. The normalized spacial score (nSPS) is 20.4. The van der Waals surface area contributed by atoms with Crippen molar-refractivity contribution < 1.29 is 52.8 Å². The van der Waals surface area contributed by atoms with Crippen molar-refractivity contribution in [2.24, 2.45) is 22.6 Å². The van der Waals surface area contributed by atoms with E-state index in [9.17, 15) is 29.1 Å². The molecule has 0 aliphatic carbocycles. The zero-order valence-corrected chi connectivity index (χ0v) is 41.3. The smallest absolute Gasteiger partial charge is 0.311 e. The number of nitrogens with one attached hydrogen (secondary N) is 2. The second kappa shape index (κ2) is 23.1. The van der Waals surface area contributed by atoms with E-state index in [1.807, 2.05) is 58.2 Å². The number of hydrogen-bond acceptors (Lipinski definition) is 13. The van der Waals surface area contributed by atoms with Gasteiger partial charge >= 0.3 is 5.97 Å². The lowest BCUT2D eigenvalue weighted by Crippen LogP contribution is -2.50. The molecule has 376 valence electrons. The average molecular weight is 973 g/mol. The Labute approximate surface area is 414 Å². The molecular formula is C54H64N6O11. The summed E-state index contributed by atoms with van der Waals surface area (Å²) in [4.78, 5) is 75.0. The van der Waals surface area contributed by atoms with E-state index >= 15 is 0 Å². The highest BCUT2D eigenvalue weighted by molar-refractivity contribution is 6.04. The van der Waals surface area contributed by atoms with E-state index in [1.54, 1.807) is 72.8 Å². The van der Waals surface area contributed by atoms with Gasteiger partial charge in [0.25, 0.3) is 11.8 Å². The van der Waals surface area contributed by atoms with Crippen LogP contribution in [0, 0.1) is 11.8 Å². The van der Waals surface area contributed by atoms with E-state index in [2.05, 4.69) is 15.6 Å². The van der Waals surface area contributed by atoms with Gasteiger partial charge in [-0.15, -0.1) is 0 Å². The summed E-state index contributed by atoms with van der Waals surface area (Å²) in [7, 11) is 3.01. The summed E-state index contributed by atoms with van der Waals surface area (Å²) in [5, 5.41) is 17.4. The van der Waals surface area contributed by atoms with Crippen LogP contribution in [0.2, 0.25) is 0 Å². The third-order valence-electron chi connectivity index (χ3n) is 13.0. The lowest BCUT2D eigenvalue weighted by atomic mass is 9.88. The third-order valence-corrected chi connectivity index (χ3v) is 13.0. The average Bonchev–Trinajstić information content (AvgIpc) is 3.96. The lowest BCUT2D eigenvalue weighted by molar-refractivity contribution is -0.155. The number of aryl methyl sites for hydroxylation is 1. The molecule has 6 atom stereocenters. The first kappa shape index (κ1) is 51.6. The van der Waals surface area contributed by atoms with Crippen molar-refractivity contribution in [3.8, 4) is 23.0 Å². The van der Waals surface area contributed by atoms with Crippen molar-refractivity contribution in [2.45, 2.75) is 104 Å². The molecule has 0 radical (unpaired) electrons. The number of nitrogens with two attached hydrogens (primary N) is 1. The number of hydrogen-bond donors (Lipinski definition) is 4. The molecule has 4 amide bonds. The number of aliphatic hydroxyl groups excluding tert-OH is 1. The summed E-state index contributed by atoms with van der Waals surface area (Å²) in [5.41, 5.74) is 10.8. The van der Waals surface area contributed by atoms with Crippen LogP contribution in [-0.2, 0) is 32.1 Å². The van der Waals surface area contributed by atoms with Crippen LogP contribution < -0.4 is 35.3 Å². The summed E-state index contributed by atoms with van der Waals surface area (Å²) >= 11 is 0. The van der Waals surface area contributed by atoms with Crippen molar-refractivity contribution in [1.82, 2.24) is 15.1 Å². The highest BCUT2D eigenvalue weighted by Crippen LogP contribution is 2.40. The number of aliphatic hydroxyl groups is 1. The van der Waals surface area contributed by atoms with E-state index in [4.69, 9.17) is 29.4 Å². The number of methoxy groups -OCH3 is 2. The largest absolute Gasteiger partial charge is 0.493 e. The Kier molecular flexibility index (Phi) is 16.8. The molecule has 4 aliphatic rings. The predicted octanol–water partition coefficient (Wildman–Crippen LogP) is 6.71. The first-order chi connectivity index (χ1) is 34.1. The molecule has 3 aromatic carbocycles. The van der Waals surface area contributed by atoms with Gasteiger partial charge in [-0.1, -0.05) is 50.3 Å². The van der Waals surface area contributed by atoms with Gasteiger partial charge in [0.15, 0.2) is 23.0 Å². The van der Waals surface area contributed by atoms with E-state index in [1.165, 1.54) is 19.1 Å². The minimum Gasteiger partial charge on any atom is -0.493 e. The van der Waals surface area contributed by atoms with Crippen LogP contribution in [0.25, 0.3) is 0 Å². The zero-order valence-electron chi connectivity index (χ0n) is 41.3. The summed E-state index contributed by atoms with van der Waals surface area (Å²) in [6.07, 6.45) is 13.6. The highest BCUT2D eigenvalue weighted by Gasteiger charge is 2.43. The first-order valence-electron chi connectivity index (χ1n) is 24.0. The van der Waals surface area contributed by atoms with Crippen LogP contribution in [0.5, 0.6) is 23.0 Å². The Hall–Kier alpha value is -7.24. The number of ether oxygens (including phenoxy) is 5. The predicted molar refractivity (Wildman–Crippen MR) is 268 cm³/mol. The number of carbonyl (C=O) groups is 5. The minimum atomic E-state index is -1.26. The number of fused-ring (bicyclic) bond motifs is 4. The number of amides is 4. The van der Waals surface area contributed by atoms with Crippen LogP contribution in [0.1, 0.15) is 92.1 Å². The van der Waals surface area contributed by atoms with E-state index in [0.29, 0.717) is 75.9 Å². The molecular weight excluding hydrogens is 909 g/mol. The molecule has 0 aromatic heterocycles. The molecule has 0 bridgehead atoms. The lowest BCUT2D eigenvalue weighted by Gasteiger charge is -2.31. The number of esters is 1. The minimum absolute atomic E-state index is 0.0903. The Morgan fingerprint density at radius 3 is 2.10 bits per heavy atom. The zero-order chi connectivity index (χ0) is 50.9. The Morgan fingerprint density at radius 2 is 1.45 bits per heavy atom. The number of carbonyl (C=O) groups excluding carboxylic acids is 5. The number of benzene rings is 3. The van der Waals surface area contributed by atoms with Crippen LogP contribution in [0.3, 0.4) is 0 Å². The molecule has 4 aliphatic heterocycles. The quantitative estimate of drug-likeness (QED) is 0.0772. The van der Waals surface area contributed by atoms with Gasteiger partial charge < -0.3 is 55.0 Å². The molecule has 3 aromatic rings. The maximum absolute atomic E-state index is 14.4. The molecule has 71 heavy (non-hydrogen) atoms. The maximum atomic E-state index is 14.4. The second-order valence-corrected chi connectivity index (χ2v) is 18.3. The van der Waals surface area contributed by atoms with Gasteiger partial charge in [0.05, 0.1) is 68.8 Å². The number of aliphatic imine (C=N–C) groups is 1. The van der Waals surface area contributed by atoms with Gasteiger partial charge in [-0.05, 0) is 105 Å². The van der Waals surface area contributed by atoms with Gasteiger partial charge in [-0.25, -0.2) is 0 Å². The fourth-order valence-electron chi connectivity index (χ4n) is 8.94. The van der Waals surface area contributed by atoms with Gasteiger partial charge in [-0.3, -0.25) is 29.0 Å². The Balaban J connectivity index is 1.01. The number of anilines is 1. The number of allylic oxidation sites excluding steroid dienone is 4. The van der Waals surface area contributed by atoms with Gasteiger partial charge in [0, 0.05) is 42.4 Å². The summed E-state index contributed by atoms with van der Waals surface area (Å²) in [6.45, 7) is 9.35. The SMILES string of the molecule is CC=CC1=CN2C(=O)c3cc(OC)c(OCCCOc4cc5c(cc4OC)C(=O)N4C=C(C=CC)CC4C(O)C(C(=O)OCc4ccc(NC(=O)C(C)NC(=O)C(N)C(C)C)cc4)CC5)cc3N=CC2C1. The molecule has 0 fully saturated rings. The molecule has 17 nitrogen and oxygen atoms in total. The van der Waals surface area contributed by atoms with Crippen molar-refractivity contribution >= 4 is 47.2 Å². The summed E-state index contributed by atoms with van der Waals surface area (Å²) in [6, 6.07) is 11.0. The fourth-order valence-corrected chi connectivity index (χ4v) is 8.94. The monoisotopic (exact) mass is 972 g/mol. The van der Waals surface area contributed by atoms with Crippen molar-refractivity contribution in [2.75, 3.05) is 32.8 Å². The van der Waals surface area contributed by atoms with Gasteiger partial charge in [0.2, 0.25) is 11.8 Å². The number of nitrogens with zero attached hydrogens (tertiary/aromatic N) is 3. The van der Waals surface area contributed by atoms with Crippen molar-refractivity contribution in [1.29, 1.82) is 0 Å². The standard InChI is InChI=1S/C54H64N6O11/c1-8-11-34-21-38-27-56-42-26-47(45(68-7)25-41(42)53(65)59(38)28-34)70-20-10-19-69-46-23-36-15-18-39(49(61)43-22-35(12-9-2)29-60(43)52(64)40(36)24-44(46)67-6)54(66)71-30-33-13-16-37(17-14-33)58-50(62)32(5)57-51(63)48(55)31(3)4/h8-9,11-14,16-17,23-29,31-32,38-39,43,48-49,61H,10,15,18-22,30,55H2,1-7H3,(H,57,63)(H,58,62). The third kappa shape index (κ3) is 11.9. The molecule has 17 heteroatoms. The molecule has 4 heterocycles. The Bertz CT molecular complexity index is 2660. The first-order valence-corrected chi connectivity index (χ1v) is 24.0. The van der Waals surface area contributed by atoms with Crippen LogP contribution in [0.4, 0.5) is 11.4 Å². The summed E-state index contributed by atoms with van der Waals surface area (Å²) in [5.74, 6) is -1.53. The molecule has 0 saturated heterocycles.